The number of hydrogen-bond donors (Lipinski definition) is 3. The quantitative estimate of drug-likeness (QED) is 0.563. The van der Waals surface area contributed by atoms with Crippen LogP contribution in [0, 0.1) is 16.7 Å². The Hall–Kier alpha value is -4.05. The maximum Gasteiger partial charge on any atom is 0.261 e. The lowest BCUT2D eigenvalue weighted by atomic mass is 9.92. The summed E-state index contributed by atoms with van der Waals surface area (Å²) in [5, 5.41) is 20.2. The lowest BCUT2D eigenvalue weighted by molar-refractivity contribution is -0.123. The predicted octanol–water partition coefficient (Wildman–Crippen LogP) is 2.87. The van der Waals surface area contributed by atoms with Gasteiger partial charge in [-0.2, -0.15) is 5.26 Å². The van der Waals surface area contributed by atoms with Crippen molar-refractivity contribution in [3.05, 3.63) is 71.6 Å². The summed E-state index contributed by atoms with van der Waals surface area (Å²) in [6.07, 6.45) is 3.10. The van der Waals surface area contributed by atoms with Gasteiger partial charge in [-0.1, -0.05) is 0 Å². The van der Waals surface area contributed by atoms with Gasteiger partial charge in [-0.15, -0.1) is 0 Å². The van der Waals surface area contributed by atoms with Crippen molar-refractivity contribution in [1.82, 2.24) is 10.2 Å². The van der Waals surface area contributed by atoms with Crippen LogP contribution in [0.3, 0.4) is 0 Å². The number of nitrogens with zero attached hydrogens (tertiary/aromatic N) is 2. The molecule has 0 spiro atoms. The molecule has 28 heavy (non-hydrogen) atoms. The summed E-state index contributed by atoms with van der Waals surface area (Å²) in [5.74, 6) is 0.756. The molecule has 1 aliphatic rings. The third-order valence-electron chi connectivity index (χ3n) is 4.21. The SMILES string of the molecule is CN/C=C1\C(=N)C(c2cc(N)ccc2Oc2ccc(C#N)cc2)=CN(C)C1=O. The Morgan fingerprint density at radius 1 is 1.25 bits per heavy atom. The number of nitrogens with one attached hydrogen (secondary N) is 2. The van der Waals surface area contributed by atoms with Crippen molar-refractivity contribution >= 4 is 22.9 Å². The number of carbonyl (C=O) groups is 1. The summed E-state index contributed by atoms with van der Waals surface area (Å²) in [6.45, 7) is 0. The molecular weight excluding hydrogens is 354 g/mol. The minimum atomic E-state index is -0.276. The first-order valence-corrected chi connectivity index (χ1v) is 8.48. The average molecular weight is 373 g/mol. The maximum absolute atomic E-state index is 12.4. The molecule has 0 aromatic heterocycles. The fourth-order valence-electron chi connectivity index (χ4n) is 2.81. The molecule has 0 fully saturated rings. The molecule has 0 bridgehead atoms. The van der Waals surface area contributed by atoms with E-state index in [0.717, 1.165) is 0 Å². The average Bonchev–Trinajstić information content (AvgIpc) is 2.70. The Kier molecular flexibility index (Phi) is 5.14. The Labute approximate surface area is 162 Å². The molecule has 4 N–H and O–H groups in total. The number of anilines is 1. The number of hydrogen-bond acceptors (Lipinski definition) is 6. The number of allylic oxidation sites excluding steroid dienone is 1. The minimum Gasteiger partial charge on any atom is -0.457 e. The first kappa shape index (κ1) is 18.7. The molecule has 2 aromatic carbocycles. The summed E-state index contributed by atoms with van der Waals surface area (Å²) in [4.78, 5) is 13.8. The maximum atomic E-state index is 12.4. The monoisotopic (exact) mass is 373 g/mol. The molecule has 1 amide bonds. The van der Waals surface area contributed by atoms with Gasteiger partial charge in [-0.05, 0) is 42.5 Å². The minimum absolute atomic E-state index is 0.0766. The molecule has 0 aliphatic carbocycles. The zero-order chi connectivity index (χ0) is 20.3. The van der Waals surface area contributed by atoms with E-state index in [4.69, 9.17) is 21.1 Å². The number of nitrogens with two attached hydrogens (primary N) is 1. The molecule has 2 aromatic rings. The van der Waals surface area contributed by atoms with Gasteiger partial charge in [0.05, 0.1) is 22.9 Å². The highest BCUT2D eigenvalue weighted by Gasteiger charge is 2.29. The van der Waals surface area contributed by atoms with E-state index in [1.165, 1.54) is 11.1 Å². The molecule has 0 unspecified atom stereocenters. The van der Waals surface area contributed by atoms with Gasteiger partial charge in [0.2, 0.25) is 0 Å². The molecule has 0 saturated heterocycles. The molecule has 0 atom stereocenters. The number of amides is 1. The van der Waals surface area contributed by atoms with Crippen LogP contribution in [0.5, 0.6) is 11.5 Å². The predicted molar refractivity (Wildman–Crippen MR) is 108 cm³/mol. The van der Waals surface area contributed by atoms with E-state index in [0.29, 0.717) is 33.9 Å². The van der Waals surface area contributed by atoms with E-state index in [1.807, 2.05) is 0 Å². The number of ether oxygens (including phenoxy) is 1. The van der Waals surface area contributed by atoms with Crippen LogP contribution in [0.4, 0.5) is 5.69 Å². The van der Waals surface area contributed by atoms with Crippen molar-refractivity contribution in [2.45, 2.75) is 0 Å². The van der Waals surface area contributed by atoms with Gasteiger partial charge >= 0.3 is 0 Å². The van der Waals surface area contributed by atoms with Crippen molar-refractivity contribution in [2.75, 3.05) is 19.8 Å². The van der Waals surface area contributed by atoms with Crippen LogP contribution in [0.2, 0.25) is 0 Å². The summed E-state index contributed by atoms with van der Waals surface area (Å²) in [5.41, 5.74) is 8.44. The highest BCUT2D eigenvalue weighted by molar-refractivity contribution is 6.41. The second kappa shape index (κ2) is 7.68. The van der Waals surface area contributed by atoms with Crippen LogP contribution in [0.15, 0.2) is 60.4 Å². The Morgan fingerprint density at radius 2 is 1.96 bits per heavy atom. The summed E-state index contributed by atoms with van der Waals surface area (Å²) in [7, 11) is 3.30. The van der Waals surface area contributed by atoms with Crippen LogP contribution in [0.1, 0.15) is 11.1 Å². The molecule has 7 nitrogen and oxygen atoms in total. The first-order valence-electron chi connectivity index (χ1n) is 8.48. The van der Waals surface area contributed by atoms with Crippen molar-refractivity contribution in [3.8, 4) is 17.6 Å². The largest absolute Gasteiger partial charge is 0.457 e. The van der Waals surface area contributed by atoms with E-state index >= 15 is 0 Å². The van der Waals surface area contributed by atoms with Gasteiger partial charge in [0.15, 0.2) is 0 Å². The van der Waals surface area contributed by atoms with Gasteiger partial charge < -0.3 is 20.7 Å². The Morgan fingerprint density at radius 3 is 2.61 bits per heavy atom. The Balaban J connectivity index is 2.06. The first-order chi connectivity index (χ1) is 13.4. The lowest BCUT2D eigenvalue weighted by Crippen LogP contribution is -2.33. The van der Waals surface area contributed by atoms with Crippen LogP contribution in [0.25, 0.3) is 5.57 Å². The molecule has 0 saturated carbocycles. The number of nitrogen functional groups attached to an aromatic ring is 1. The van der Waals surface area contributed by atoms with Gasteiger partial charge in [-0.3, -0.25) is 10.2 Å². The normalized spacial score (nSPS) is 15.2. The number of likely N-dealkylation sites (N-methyl/N-ethyl adjacent to an activating group) is 1. The number of benzene rings is 2. The fourth-order valence-corrected chi connectivity index (χ4v) is 2.81. The van der Waals surface area contributed by atoms with Crippen LogP contribution in [-0.2, 0) is 4.79 Å². The van der Waals surface area contributed by atoms with Crippen molar-refractivity contribution < 1.29 is 9.53 Å². The summed E-state index contributed by atoms with van der Waals surface area (Å²) < 4.78 is 5.98. The van der Waals surface area contributed by atoms with Crippen LogP contribution in [-0.4, -0.2) is 30.6 Å². The number of rotatable bonds is 4. The van der Waals surface area contributed by atoms with E-state index < -0.39 is 0 Å². The zero-order valence-corrected chi connectivity index (χ0v) is 15.5. The van der Waals surface area contributed by atoms with Gasteiger partial charge in [0.1, 0.15) is 11.5 Å². The third-order valence-corrected chi connectivity index (χ3v) is 4.21. The molecule has 1 heterocycles. The molecule has 140 valence electrons. The lowest BCUT2D eigenvalue weighted by Gasteiger charge is -2.25. The second-order valence-electron chi connectivity index (χ2n) is 6.17. The Bertz CT molecular complexity index is 1050. The number of carbonyl (C=O) groups excluding carboxylic acids is 1. The van der Waals surface area contributed by atoms with E-state index in [1.54, 1.807) is 62.8 Å². The van der Waals surface area contributed by atoms with Gasteiger partial charge in [-0.25, -0.2) is 0 Å². The van der Waals surface area contributed by atoms with Gasteiger partial charge in [0.25, 0.3) is 5.91 Å². The van der Waals surface area contributed by atoms with E-state index in [9.17, 15) is 4.79 Å². The fraction of sp³-hybridized carbons (Fsp3) is 0.0952. The zero-order valence-electron chi connectivity index (χ0n) is 15.5. The molecule has 1 aliphatic heterocycles. The molecular formula is C21H19N5O2. The highest BCUT2D eigenvalue weighted by Crippen LogP contribution is 2.35. The van der Waals surface area contributed by atoms with Crippen molar-refractivity contribution in [1.29, 1.82) is 10.7 Å². The molecule has 0 radical (unpaired) electrons. The van der Waals surface area contributed by atoms with Crippen molar-refractivity contribution in [2.24, 2.45) is 0 Å². The van der Waals surface area contributed by atoms with E-state index in [2.05, 4.69) is 11.4 Å². The molecule has 7 heteroatoms. The van der Waals surface area contributed by atoms with Crippen LogP contribution >= 0.6 is 0 Å². The van der Waals surface area contributed by atoms with Crippen molar-refractivity contribution in [3.63, 3.8) is 0 Å². The summed E-state index contributed by atoms with van der Waals surface area (Å²) in [6, 6.07) is 13.9. The molecule has 3 rings (SSSR count). The smallest absolute Gasteiger partial charge is 0.261 e. The highest BCUT2D eigenvalue weighted by atomic mass is 16.5. The van der Waals surface area contributed by atoms with Gasteiger partial charge in [0, 0.05) is 43.3 Å². The topological polar surface area (TPSA) is 115 Å². The van der Waals surface area contributed by atoms with Crippen LogP contribution < -0.4 is 15.8 Å². The summed E-state index contributed by atoms with van der Waals surface area (Å²) >= 11 is 0. The second-order valence-corrected chi connectivity index (χ2v) is 6.17. The third kappa shape index (κ3) is 3.57. The van der Waals surface area contributed by atoms with E-state index in [-0.39, 0.29) is 17.2 Å². The number of nitriles is 1. The standard InChI is InChI=1S/C21H19N5O2/c1-25-11-17-20(24)18(12-26(2)21(17)27)16-9-14(23)5-8-19(16)28-15-6-3-13(10-22)4-7-15/h3-9,11-12,24-25H,23H2,1-2H3/b17-11+,24-20?.